The second-order valence-corrected chi connectivity index (χ2v) is 13.5. The molecule has 0 aromatic heterocycles. The molecule has 3 saturated heterocycles. The van der Waals surface area contributed by atoms with Gasteiger partial charge in [-0.1, -0.05) is 81.0 Å². The van der Waals surface area contributed by atoms with Crippen LogP contribution in [0.1, 0.15) is 44.7 Å². The number of benzene rings is 2. The van der Waals surface area contributed by atoms with Gasteiger partial charge >= 0.3 is 0 Å². The predicted octanol–water partition coefficient (Wildman–Crippen LogP) is 5.09. The first-order valence-corrected chi connectivity index (χ1v) is 16.3. The maximum atomic E-state index is 14.9. The lowest BCUT2D eigenvalue weighted by molar-refractivity contribution is -0.145. The number of fused-ring (bicyclic) bond motifs is 1. The van der Waals surface area contributed by atoms with Crippen LogP contribution in [0.4, 0.5) is 5.69 Å². The van der Waals surface area contributed by atoms with Gasteiger partial charge in [-0.2, -0.15) is 0 Å². The number of likely N-dealkylation sites (tertiary alicyclic amines) is 1. The molecule has 3 amide bonds. The molecule has 228 valence electrons. The monoisotopic (exact) mass is 601 g/mol. The number of para-hydroxylation sites is 1. The fourth-order valence-corrected chi connectivity index (χ4v) is 9.99. The van der Waals surface area contributed by atoms with Crippen LogP contribution in [-0.2, 0) is 14.4 Å². The number of thioether (sulfide) groups is 1. The van der Waals surface area contributed by atoms with Gasteiger partial charge in [0.1, 0.15) is 6.04 Å². The molecule has 43 heavy (non-hydrogen) atoms. The van der Waals surface area contributed by atoms with Gasteiger partial charge in [-0.25, -0.2) is 0 Å². The summed E-state index contributed by atoms with van der Waals surface area (Å²) in [6.07, 6.45) is 5.93. The van der Waals surface area contributed by atoms with E-state index in [-0.39, 0.29) is 35.5 Å². The number of aliphatic hydroxyl groups excluding tert-OH is 1. The Morgan fingerprint density at radius 1 is 1.07 bits per heavy atom. The van der Waals surface area contributed by atoms with Crippen molar-refractivity contribution in [1.29, 1.82) is 0 Å². The molecule has 3 unspecified atom stereocenters. The predicted molar refractivity (Wildman–Crippen MR) is 172 cm³/mol. The normalized spacial score (nSPS) is 27.9. The first kappa shape index (κ1) is 31.1. The van der Waals surface area contributed by atoms with Crippen molar-refractivity contribution in [3.63, 3.8) is 0 Å². The summed E-state index contributed by atoms with van der Waals surface area (Å²) in [6, 6.07) is 17.4. The van der Waals surface area contributed by atoms with Gasteiger partial charge in [0.15, 0.2) is 0 Å². The molecule has 7 nitrogen and oxygen atoms in total. The molecular formula is C35H43N3O4S. The number of amides is 3. The fraction of sp³-hybridized carbons (Fsp3) is 0.457. The highest BCUT2D eigenvalue weighted by molar-refractivity contribution is 8.02. The number of hydrogen-bond donors (Lipinski definition) is 1. The number of rotatable bonds is 13. The van der Waals surface area contributed by atoms with Gasteiger partial charge in [-0.05, 0) is 36.5 Å². The largest absolute Gasteiger partial charge is 0.394 e. The quantitative estimate of drug-likeness (QED) is 0.324. The first-order chi connectivity index (χ1) is 20.8. The number of carbonyl (C=O) groups is 3. The Labute approximate surface area is 259 Å². The number of nitrogens with zero attached hydrogens (tertiary/aromatic N) is 3. The Kier molecular flexibility index (Phi) is 9.47. The van der Waals surface area contributed by atoms with Gasteiger partial charge in [-0.15, -0.1) is 24.9 Å². The van der Waals surface area contributed by atoms with E-state index in [9.17, 15) is 19.5 Å². The number of carbonyl (C=O) groups excluding carboxylic acids is 3. The molecule has 2 bridgehead atoms. The van der Waals surface area contributed by atoms with Gasteiger partial charge < -0.3 is 19.8 Å². The molecule has 0 saturated carbocycles. The van der Waals surface area contributed by atoms with E-state index in [1.54, 1.807) is 33.7 Å². The first-order valence-electron chi connectivity index (χ1n) is 15.4. The van der Waals surface area contributed by atoms with E-state index in [0.29, 0.717) is 19.6 Å². The minimum Gasteiger partial charge on any atom is -0.394 e. The van der Waals surface area contributed by atoms with E-state index >= 15 is 0 Å². The number of unbranched alkanes of at least 4 members (excludes halogenated alkanes) is 1. The highest BCUT2D eigenvalue weighted by atomic mass is 32.2. The lowest BCUT2D eigenvalue weighted by Gasteiger charge is -2.42. The molecule has 0 radical (unpaired) electrons. The summed E-state index contributed by atoms with van der Waals surface area (Å²) in [7, 11) is 0. The average Bonchev–Trinajstić information content (AvgIpc) is 3.62. The molecule has 1 spiro atoms. The second kappa shape index (κ2) is 13.1. The lowest BCUT2D eigenvalue weighted by atomic mass is 9.65. The van der Waals surface area contributed by atoms with Crippen LogP contribution in [-0.4, -0.2) is 74.9 Å². The molecular weight excluding hydrogens is 558 g/mol. The Morgan fingerprint density at radius 3 is 2.33 bits per heavy atom. The van der Waals surface area contributed by atoms with Crippen molar-refractivity contribution in [3.05, 3.63) is 91.5 Å². The molecule has 3 aliphatic rings. The Bertz CT molecular complexity index is 1340. The van der Waals surface area contributed by atoms with Crippen molar-refractivity contribution in [2.24, 2.45) is 17.8 Å². The lowest BCUT2D eigenvalue weighted by Crippen LogP contribution is -2.58. The molecule has 7 atom stereocenters. The van der Waals surface area contributed by atoms with E-state index in [0.717, 1.165) is 30.5 Å². The van der Waals surface area contributed by atoms with Crippen LogP contribution in [0, 0.1) is 17.8 Å². The van der Waals surface area contributed by atoms with E-state index < -0.39 is 28.7 Å². The summed E-state index contributed by atoms with van der Waals surface area (Å²) in [4.78, 5) is 49.3. The summed E-state index contributed by atoms with van der Waals surface area (Å²) in [5, 5.41) is 10.7. The van der Waals surface area contributed by atoms with Crippen LogP contribution in [0.2, 0.25) is 0 Å². The Balaban J connectivity index is 1.63. The average molecular weight is 602 g/mol. The van der Waals surface area contributed by atoms with Crippen molar-refractivity contribution >= 4 is 35.2 Å². The number of anilines is 1. The van der Waals surface area contributed by atoms with Crippen LogP contribution in [0.5, 0.6) is 0 Å². The summed E-state index contributed by atoms with van der Waals surface area (Å²) in [6.45, 7) is 12.9. The van der Waals surface area contributed by atoms with E-state index in [2.05, 4.69) is 27.0 Å². The van der Waals surface area contributed by atoms with Crippen LogP contribution >= 0.6 is 11.8 Å². The van der Waals surface area contributed by atoms with Gasteiger partial charge in [-0.3, -0.25) is 14.4 Å². The third kappa shape index (κ3) is 5.22. The topological polar surface area (TPSA) is 81.2 Å². The van der Waals surface area contributed by atoms with Gasteiger partial charge in [0.05, 0.1) is 29.2 Å². The zero-order chi connectivity index (χ0) is 30.7. The molecule has 8 heteroatoms. The van der Waals surface area contributed by atoms with Crippen molar-refractivity contribution < 1.29 is 19.5 Å². The Morgan fingerprint density at radius 2 is 1.72 bits per heavy atom. The standard InChI is InChI=1S/C35H43N3O4S/c1-5-8-21-36(19-6-2)34(42)31-35-24(4)22-28(43-35)29(32(40)37(20-7-3)26-17-13-10-14-18-26)30(35)33(41)38(31)27(23-39)25-15-11-9-12-16-25/h6-7,9-18,24,27-31,39H,2-3,5,8,19-23H2,1,4H3/t24?,27-,28+,29-,30+,31?,35?/m1/s1. The fourth-order valence-electron chi connectivity index (χ4n) is 7.60. The molecule has 1 N–H and O–H groups in total. The van der Waals surface area contributed by atoms with Gasteiger partial charge in [0.25, 0.3) is 0 Å². The maximum absolute atomic E-state index is 14.9. The zero-order valence-corrected chi connectivity index (χ0v) is 26.0. The third-order valence-electron chi connectivity index (χ3n) is 9.48. The highest BCUT2D eigenvalue weighted by Crippen LogP contribution is 2.69. The van der Waals surface area contributed by atoms with Crippen molar-refractivity contribution in [1.82, 2.24) is 9.80 Å². The van der Waals surface area contributed by atoms with E-state index in [1.165, 1.54) is 0 Å². The SMILES string of the molecule is C=CCN(CCCC)C(=O)C1N([C@H](CO)c2ccccc2)C(=O)[C@@H]2[C@H](C(=O)N(CC=C)c3ccccc3)[C@@H]3CC(C)C12S3. The second-order valence-electron chi connectivity index (χ2n) is 11.9. The smallest absolute Gasteiger partial charge is 0.247 e. The van der Waals surface area contributed by atoms with E-state index in [1.807, 2.05) is 65.6 Å². The molecule has 3 heterocycles. The molecule has 3 fully saturated rings. The molecule has 3 aliphatic heterocycles. The zero-order valence-electron chi connectivity index (χ0n) is 25.2. The minimum atomic E-state index is -0.813. The van der Waals surface area contributed by atoms with Crippen molar-refractivity contribution in [3.8, 4) is 0 Å². The van der Waals surface area contributed by atoms with Crippen molar-refractivity contribution in [2.75, 3.05) is 31.1 Å². The van der Waals surface area contributed by atoms with Gasteiger partial charge in [0, 0.05) is 30.6 Å². The van der Waals surface area contributed by atoms with Crippen molar-refractivity contribution in [2.45, 2.75) is 55.2 Å². The van der Waals surface area contributed by atoms with Crippen LogP contribution in [0.25, 0.3) is 0 Å². The third-order valence-corrected chi connectivity index (χ3v) is 11.6. The summed E-state index contributed by atoms with van der Waals surface area (Å²) in [5.74, 6) is -1.71. The van der Waals surface area contributed by atoms with Crippen LogP contribution in [0.3, 0.4) is 0 Å². The van der Waals surface area contributed by atoms with E-state index in [4.69, 9.17) is 0 Å². The number of aliphatic hydroxyl groups is 1. The summed E-state index contributed by atoms with van der Waals surface area (Å²) < 4.78 is -0.788. The summed E-state index contributed by atoms with van der Waals surface area (Å²) >= 11 is 1.66. The molecule has 2 aromatic carbocycles. The Hall–Kier alpha value is -3.36. The van der Waals surface area contributed by atoms with Gasteiger partial charge in [0.2, 0.25) is 17.7 Å². The minimum absolute atomic E-state index is 0.0240. The molecule has 5 rings (SSSR count). The maximum Gasteiger partial charge on any atom is 0.247 e. The molecule has 0 aliphatic carbocycles. The van der Waals surface area contributed by atoms with Crippen LogP contribution < -0.4 is 4.90 Å². The molecule has 2 aromatic rings. The highest BCUT2D eigenvalue weighted by Gasteiger charge is 2.77. The van der Waals surface area contributed by atoms with Crippen LogP contribution in [0.15, 0.2) is 86.0 Å². The summed E-state index contributed by atoms with van der Waals surface area (Å²) in [5.41, 5.74) is 1.52. The number of hydrogen-bond acceptors (Lipinski definition) is 5.